The van der Waals surface area contributed by atoms with Crippen molar-refractivity contribution in [1.82, 2.24) is 0 Å². The molecule has 42 heavy (non-hydrogen) atoms. The standard InChI is InChI=1S/C33H60NO7P/c1-6-8-10-11-12-13-14-15-16-17-18-19-20-21-22-23-25-27-33(36)40-32(30-35)31(26-24-9-7-2)41-42(37,38)39-29-28-34(3,4)5/h12-13,15-16,18-19,21-22,31-32,35H,6-11,14,17,20,23-30H2,1-5H3/p+1/b13-12-,16-15-,19-18-,22-21-/t31?,32-/m0/s1. The first-order chi connectivity index (χ1) is 20.0. The molecule has 0 aliphatic rings. The third-order valence-electron chi connectivity index (χ3n) is 6.46. The second kappa shape index (κ2) is 25.9. The van der Waals surface area contributed by atoms with Gasteiger partial charge in [0.1, 0.15) is 19.3 Å². The van der Waals surface area contributed by atoms with Crippen LogP contribution < -0.4 is 0 Å². The van der Waals surface area contributed by atoms with Crippen molar-refractivity contribution in [1.29, 1.82) is 0 Å². The lowest BCUT2D eigenvalue weighted by molar-refractivity contribution is -0.870. The molecule has 0 aromatic heterocycles. The summed E-state index contributed by atoms with van der Waals surface area (Å²) in [5, 5.41) is 9.91. The third kappa shape index (κ3) is 26.1. The summed E-state index contributed by atoms with van der Waals surface area (Å²) >= 11 is 0. The molecule has 0 saturated heterocycles. The van der Waals surface area contributed by atoms with E-state index >= 15 is 0 Å². The summed E-state index contributed by atoms with van der Waals surface area (Å²) in [6.45, 7) is 4.33. The van der Waals surface area contributed by atoms with Crippen LogP contribution in [0.25, 0.3) is 0 Å². The van der Waals surface area contributed by atoms with Crippen molar-refractivity contribution in [3.05, 3.63) is 48.6 Å². The van der Waals surface area contributed by atoms with Gasteiger partial charge in [0.15, 0.2) is 6.10 Å². The molecule has 0 bridgehead atoms. The molecule has 8 nitrogen and oxygen atoms in total. The van der Waals surface area contributed by atoms with E-state index in [1.165, 1.54) is 25.7 Å². The van der Waals surface area contributed by atoms with Gasteiger partial charge in [0.25, 0.3) is 0 Å². The average Bonchev–Trinajstić information content (AvgIpc) is 2.92. The highest BCUT2D eigenvalue weighted by molar-refractivity contribution is 7.47. The molecule has 2 N–H and O–H groups in total. The van der Waals surface area contributed by atoms with Crippen LogP contribution in [0.5, 0.6) is 0 Å². The maximum absolute atomic E-state index is 12.6. The molecule has 0 saturated carbocycles. The van der Waals surface area contributed by atoms with E-state index in [1.54, 1.807) is 0 Å². The molecule has 0 fully saturated rings. The number of quaternary nitrogens is 1. The summed E-state index contributed by atoms with van der Waals surface area (Å²) in [6.07, 6.45) is 27.6. The summed E-state index contributed by atoms with van der Waals surface area (Å²) in [4.78, 5) is 22.7. The van der Waals surface area contributed by atoms with E-state index in [-0.39, 0.29) is 13.0 Å². The van der Waals surface area contributed by atoms with Crippen LogP contribution in [0.2, 0.25) is 0 Å². The van der Waals surface area contributed by atoms with Crippen molar-refractivity contribution in [3.8, 4) is 0 Å². The Labute approximate surface area is 256 Å². The Kier molecular flexibility index (Phi) is 25.0. The Morgan fingerprint density at radius 1 is 0.786 bits per heavy atom. The van der Waals surface area contributed by atoms with E-state index in [0.717, 1.165) is 38.5 Å². The number of carbonyl (C=O) groups is 1. The Balaban J connectivity index is 4.44. The second-order valence-electron chi connectivity index (χ2n) is 11.6. The highest BCUT2D eigenvalue weighted by Gasteiger charge is 2.34. The van der Waals surface area contributed by atoms with Crippen LogP contribution in [-0.4, -0.2) is 73.6 Å². The number of unbranched alkanes of at least 4 members (excludes halogenated alkanes) is 6. The summed E-state index contributed by atoms with van der Waals surface area (Å²) in [5.41, 5.74) is 0. The molecule has 0 rings (SSSR count). The lowest BCUT2D eigenvalue weighted by atomic mass is 10.1. The number of aliphatic hydroxyl groups excluding tert-OH is 1. The fourth-order valence-electron chi connectivity index (χ4n) is 3.92. The summed E-state index contributed by atoms with van der Waals surface area (Å²) < 4.78 is 29.2. The zero-order valence-electron chi connectivity index (χ0n) is 27.1. The quantitative estimate of drug-likeness (QED) is 0.0320. The number of nitrogens with zero attached hydrogens (tertiary/aromatic N) is 1. The van der Waals surface area contributed by atoms with Crippen LogP contribution in [0.3, 0.4) is 0 Å². The highest BCUT2D eigenvalue weighted by Crippen LogP contribution is 2.46. The predicted molar refractivity (Wildman–Crippen MR) is 173 cm³/mol. The third-order valence-corrected chi connectivity index (χ3v) is 7.51. The van der Waals surface area contributed by atoms with Gasteiger partial charge >= 0.3 is 13.8 Å². The number of phosphoric ester groups is 1. The summed E-state index contributed by atoms with van der Waals surface area (Å²) in [5.74, 6) is -0.465. The highest BCUT2D eigenvalue weighted by atomic mass is 31.2. The Morgan fingerprint density at radius 2 is 1.31 bits per heavy atom. The monoisotopic (exact) mass is 614 g/mol. The van der Waals surface area contributed by atoms with Gasteiger partial charge in [-0.05, 0) is 51.4 Å². The molecule has 9 heteroatoms. The van der Waals surface area contributed by atoms with E-state index in [2.05, 4.69) is 49.5 Å². The molecular weight excluding hydrogens is 553 g/mol. The topological polar surface area (TPSA) is 102 Å². The Morgan fingerprint density at radius 3 is 1.83 bits per heavy atom. The molecule has 0 aliphatic heterocycles. The van der Waals surface area contributed by atoms with Gasteiger partial charge in [-0.2, -0.15) is 0 Å². The van der Waals surface area contributed by atoms with Crippen LogP contribution in [-0.2, 0) is 23.1 Å². The molecule has 0 aromatic carbocycles. The molecule has 0 amide bonds. The van der Waals surface area contributed by atoms with E-state index in [9.17, 15) is 19.4 Å². The van der Waals surface area contributed by atoms with Gasteiger partial charge in [0, 0.05) is 6.42 Å². The van der Waals surface area contributed by atoms with Crippen LogP contribution in [0.1, 0.15) is 104 Å². The molecule has 3 atom stereocenters. The number of esters is 1. The van der Waals surface area contributed by atoms with Gasteiger partial charge in [-0.3, -0.25) is 13.8 Å². The fraction of sp³-hybridized carbons (Fsp3) is 0.727. The van der Waals surface area contributed by atoms with E-state index in [1.807, 2.05) is 34.1 Å². The SMILES string of the molecule is CCCCC/C=C\C/C=C\C/C=C\C/C=C\CCCC(=O)O[C@@H](CO)C(CCCCC)OP(=O)(O)OCC[N+](C)(C)C. The van der Waals surface area contributed by atoms with Crippen molar-refractivity contribution >= 4 is 13.8 Å². The Hall–Kier alpha value is -1.54. The van der Waals surface area contributed by atoms with Crippen molar-refractivity contribution in [3.63, 3.8) is 0 Å². The number of ether oxygens (including phenoxy) is 1. The van der Waals surface area contributed by atoms with E-state index < -0.39 is 32.6 Å². The van der Waals surface area contributed by atoms with Gasteiger partial charge in [0.2, 0.25) is 0 Å². The molecule has 2 unspecified atom stereocenters. The zero-order chi connectivity index (χ0) is 31.5. The summed E-state index contributed by atoms with van der Waals surface area (Å²) in [7, 11) is 1.46. The predicted octanol–water partition coefficient (Wildman–Crippen LogP) is 7.82. The van der Waals surface area contributed by atoms with Crippen LogP contribution in [0, 0.1) is 0 Å². The number of rotatable bonds is 27. The van der Waals surface area contributed by atoms with Crippen molar-refractivity contribution in [2.75, 3.05) is 40.9 Å². The molecular formula is C33H61NO7P+. The lowest BCUT2D eigenvalue weighted by Gasteiger charge is -2.28. The van der Waals surface area contributed by atoms with Crippen LogP contribution >= 0.6 is 7.82 Å². The smallest absolute Gasteiger partial charge is 0.457 e. The fourth-order valence-corrected chi connectivity index (χ4v) is 4.87. The molecule has 0 radical (unpaired) electrons. The number of hydrogen-bond donors (Lipinski definition) is 2. The van der Waals surface area contributed by atoms with Gasteiger partial charge < -0.3 is 19.2 Å². The first-order valence-corrected chi connectivity index (χ1v) is 17.4. The minimum absolute atomic E-state index is 0.0417. The molecule has 0 spiro atoms. The molecule has 0 aromatic rings. The molecule has 244 valence electrons. The maximum atomic E-state index is 12.6. The van der Waals surface area contributed by atoms with E-state index in [0.29, 0.717) is 30.3 Å². The van der Waals surface area contributed by atoms with Crippen LogP contribution in [0.4, 0.5) is 0 Å². The van der Waals surface area contributed by atoms with Gasteiger partial charge in [-0.15, -0.1) is 0 Å². The molecule has 0 aliphatic carbocycles. The summed E-state index contributed by atoms with van der Waals surface area (Å²) in [6, 6.07) is 0. The van der Waals surface area contributed by atoms with Crippen LogP contribution in [0.15, 0.2) is 48.6 Å². The average molecular weight is 615 g/mol. The van der Waals surface area contributed by atoms with Gasteiger partial charge in [-0.1, -0.05) is 94.6 Å². The molecule has 0 heterocycles. The minimum Gasteiger partial charge on any atom is -0.457 e. The lowest BCUT2D eigenvalue weighted by Crippen LogP contribution is -2.38. The maximum Gasteiger partial charge on any atom is 0.472 e. The van der Waals surface area contributed by atoms with Crippen molar-refractivity contribution < 1.29 is 37.6 Å². The minimum atomic E-state index is -4.38. The van der Waals surface area contributed by atoms with Gasteiger partial charge in [-0.25, -0.2) is 4.57 Å². The Bertz CT molecular complexity index is 833. The number of aliphatic hydroxyl groups is 1. The first kappa shape index (κ1) is 40.5. The van der Waals surface area contributed by atoms with Crippen molar-refractivity contribution in [2.24, 2.45) is 0 Å². The van der Waals surface area contributed by atoms with Gasteiger partial charge in [0.05, 0.1) is 27.7 Å². The second-order valence-corrected chi connectivity index (χ2v) is 13.1. The van der Waals surface area contributed by atoms with Crippen molar-refractivity contribution in [2.45, 2.75) is 116 Å². The number of carbonyl (C=O) groups excluding carboxylic acids is 1. The van der Waals surface area contributed by atoms with E-state index in [4.69, 9.17) is 13.8 Å². The first-order valence-electron chi connectivity index (χ1n) is 15.9. The number of phosphoric acid groups is 1. The largest absolute Gasteiger partial charge is 0.472 e. The zero-order valence-corrected chi connectivity index (χ0v) is 28.0. The number of allylic oxidation sites excluding steroid dienone is 8. The number of likely N-dealkylation sites (N-methyl/N-ethyl adjacent to an activating group) is 1. The number of hydrogen-bond acceptors (Lipinski definition) is 6. The normalized spacial score (nSPS) is 15.7.